The van der Waals surface area contributed by atoms with Crippen LogP contribution in [0.2, 0.25) is 0 Å². The van der Waals surface area contributed by atoms with Crippen LogP contribution < -0.4 is 5.32 Å². The van der Waals surface area contributed by atoms with Crippen LogP contribution in [0.15, 0.2) is 30.3 Å². The van der Waals surface area contributed by atoms with Gasteiger partial charge in [0.2, 0.25) is 0 Å². The highest BCUT2D eigenvalue weighted by Crippen LogP contribution is 2.40. The number of hydrogen-bond acceptors (Lipinski definition) is 2. The van der Waals surface area contributed by atoms with Crippen LogP contribution in [0.3, 0.4) is 0 Å². The Morgan fingerprint density at radius 1 is 1.20 bits per heavy atom. The molecule has 1 saturated carbocycles. The van der Waals surface area contributed by atoms with Crippen molar-refractivity contribution in [1.82, 2.24) is 10.2 Å². The fourth-order valence-electron chi connectivity index (χ4n) is 4.04. The van der Waals surface area contributed by atoms with E-state index >= 15 is 0 Å². The van der Waals surface area contributed by atoms with Crippen LogP contribution in [0.1, 0.15) is 51.1 Å². The molecule has 2 unspecified atom stereocenters. The zero-order valence-electron chi connectivity index (χ0n) is 12.9. The summed E-state index contributed by atoms with van der Waals surface area (Å²) < 4.78 is 0. The number of piperazine rings is 1. The van der Waals surface area contributed by atoms with E-state index in [-0.39, 0.29) is 0 Å². The molecule has 0 spiro atoms. The second kappa shape index (κ2) is 5.87. The van der Waals surface area contributed by atoms with E-state index in [1.165, 1.54) is 44.3 Å². The van der Waals surface area contributed by atoms with Gasteiger partial charge in [-0.2, -0.15) is 0 Å². The summed E-state index contributed by atoms with van der Waals surface area (Å²) in [6.07, 6.45) is 5.67. The largest absolute Gasteiger partial charge is 0.311 e. The van der Waals surface area contributed by atoms with Gasteiger partial charge in [-0.05, 0) is 30.7 Å². The normalized spacial score (nSPS) is 30.5. The molecule has 2 aliphatic rings. The van der Waals surface area contributed by atoms with Crippen molar-refractivity contribution >= 4 is 0 Å². The number of nitrogens with one attached hydrogen (secondary N) is 1. The Balaban J connectivity index is 1.76. The summed E-state index contributed by atoms with van der Waals surface area (Å²) >= 11 is 0. The van der Waals surface area contributed by atoms with E-state index in [0.717, 1.165) is 6.54 Å². The molecule has 2 atom stereocenters. The van der Waals surface area contributed by atoms with Crippen LogP contribution in [-0.2, 0) is 0 Å². The second-order valence-electron chi connectivity index (χ2n) is 7.18. The highest BCUT2D eigenvalue weighted by molar-refractivity contribution is 5.20. The fourth-order valence-corrected chi connectivity index (χ4v) is 4.04. The standard InChI is InChI=1S/C18H28N2/c1-15-13-20(14-18(2)10-6-7-11-18)17(12-19-15)16-8-4-3-5-9-16/h3-5,8-9,15,17,19H,6-7,10-14H2,1-2H3. The van der Waals surface area contributed by atoms with E-state index in [9.17, 15) is 0 Å². The molecule has 0 bridgehead atoms. The molecule has 1 heterocycles. The highest BCUT2D eigenvalue weighted by atomic mass is 15.2. The fraction of sp³-hybridized carbons (Fsp3) is 0.667. The summed E-state index contributed by atoms with van der Waals surface area (Å²) in [4.78, 5) is 2.74. The summed E-state index contributed by atoms with van der Waals surface area (Å²) in [5.41, 5.74) is 2.01. The quantitative estimate of drug-likeness (QED) is 0.904. The molecule has 2 heteroatoms. The Hall–Kier alpha value is -0.860. The van der Waals surface area contributed by atoms with Crippen molar-refractivity contribution in [2.24, 2.45) is 5.41 Å². The van der Waals surface area contributed by atoms with Crippen molar-refractivity contribution in [2.45, 2.75) is 51.6 Å². The molecule has 110 valence electrons. The average molecular weight is 272 g/mol. The molecule has 20 heavy (non-hydrogen) atoms. The predicted octanol–water partition coefficient (Wildman–Crippen LogP) is 3.60. The molecule has 3 rings (SSSR count). The molecule has 2 fully saturated rings. The molecule has 1 aliphatic carbocycles. The lowest BCUT2D eigenvalue weighted by Gasteiger charge is -2.43. The van der Waals surface area contributed by atoms with Crippen molar-refractivity contribution < 1.29 is 0 Å². The van der Waals surface area contributed by atoms with Gasteiger partial charge in [0.1, 0.15) is 0 Å². The minimum Gasteiger partial charge on any atom is -0.311 e. The van der Waals surface area contributed by atoms with Gasteiger partial charge in [-0.25, -0.2) is 0 Å². The van der Waals surface area contributed by atoms with Gasteiger partial charge in [-0.1, -0.05) is 50.1 Å². The molecule has 0 amide bonds. The number of nitrogens with zero attached hydrogens (tertiary/aromatic N) is 1. The second-order valence-corrected chi connectivity index (χ2v) is 7.18. The van der Waals surface area contributed by atoms with Gasteiger partial charge in [0.15, 0.2) is 0 Å². The lowest BCUT2D eigenvalue weighted by Crippen LogP contribution is -2.53. The van der Waals surface area contributed by atoms with Gasteiger partial charge in [-0.3, -0.25) is 4.90 Å². The number of rotatable bonds is 3. The zero-order chi connectivity index (χ0) is 14.0. The minimum atomic E-state index is 0.546. The predicted molar refractivity (Wildman–Crippen MR) is 84.8 cm³/mol. The SMILES string of the molecule is CC1CN(CC2(C)CCCC2)C(c2ccccc2)CN1. The molecule has 1 aliphatic heterocycles. The lowest BCUT2D eigenvalue weighted by molar-refractivity contribution is 0.0824. The maximum Gasteiger partial charge on any atom is 0.0473 e. The molecular formula is C18H28N2. The van der Waals surface area contributed by atoms with Crippen molar-refractivity contribution in [3.05, 3.63) is 35.9 Å². The average Bonchev–Trinajstić information content (AvgIpc) is 2.86. The topological polar surface area (TPSA) is 15.3 Å². The number of hydrogen-bond donors (Lipinski definition) is 1. The van der Waals surface area contributed by atoms with Crippen molar-refractivity contribution in [3.8, 4) is 0 Å². The third kappa shape index (κ3) is 3.07. The van der Waals surface area contributed by atoms with E-state index in [0.29, 0.717) is 17.5 Å². The first kappa shape index (κ1) is 14.1. The third-order valence-electron chi connectivity index (χ3n) is 5.19. The first-order chi connectivity index (χ1) is 9.66. The van der Waals surface area contributed by atoms with Crippen LogP contribution in [-0.4, -0.2) is 30.6 Å². The summed E-state index contributed by atoms with van der Waals surface area (Å²) in [5, 5.41) is 3.66. The van der Waals surface area contributed by atoms with Crippen molar-refractivity contribution in [2.75, 3.05) is 19.6 Å². The smallest absolute Gasteiger partial charge is 0.0473 e. The van der Waals surface area contributed by atoms with Gasteiger partial charge in [-0.15, -0.1) is 0 Å². The Bertz CT molecular complexity index is 422. The molecule has 1 aromatic carbocycles. The van der Waals surface area contributed by atoms with Crippen LogP contribution in [0.4, 0.5) is 0 Å². The molecule has 1 aromatic rings. The maximum absolute atomic E-state index is 3.66. The van der Waals surface area contributed by atoms with Crippen molar-refractivity contribution in [1.29, 1.82) is 0 Å². The maximum atomic E-state index is 3.66. The van der Waals surface area contributed by atoms with E-state index < -0.39 is 0 Å². The van der Waals surface area contributed by atoms with E-state index in [1.807, 2.05) is 0 Å². The summed E-state index contributed by atoms with van der Waals surface area (Å²) in [7, 11) is 0. The Morgan fingerprint density at radius 2 is 1.90 bits per heavy atom. The molecule has 0 aromatic heterocycles. The van der Waals surface area contributed by atoms with Crippen LogP contribution in [0.25, 0.3) is 0 Å². The van der Waals surface area contributed by atoms with Gasteiger partial charge in [0.25, 0.3) is 0 Å². The zero-order valence-corrected chi connectivity index (χ0v) is 12.9. The van der Waals surface area contributed by atoms with Gasteiger partial charge in [0.05, 0.1) is 0 Å². The van der Waals surface area contributed by atoms with Gasteiger partial charge < -0.3 is 5.32 Å². The summed E-state index contributed by atoms with van der Waals surface area (Å²) in [5.74, 6) is 0. The molecule has 2 nitrogen and oxygen atoms in total. The first-order valence-corrected chi connectivity index (χ1v) is 8.19. The van der Waals surface area contributed by atoms with Crippen LogP contribution >= 0.6 is 0 Å². The lowest BCUT2D eigenvalue weighted by atomic mass is 9.86. The third-order valence-corrected chi connectivity index (χ3v) is 5.19. The van der Waals surface area contributed by atoms with E-state index in [4.69, 9.17) is 0 Å². The van der Waals surface area contributed by atoms with E-state index in [2.05, 4.69) is 54.4 Å². The number of benzene rings is 1. The Labute approximate surface area is 123 Å². The monoisotopic (exact) mass is 272 g/mol. The molecular weight excluding hydrogens is 244 g/mol. The Morgan fingerprint density at radius 3 is 2.60 bits per heavy atom. The summed E-state index contributed by atoms with van der Waals surface area (Å²) in [6, 6.07) is 12.2. The van der Waals surface area contributed by atoms with Crippen molar-refractivity contribution in [3.63, 3.8) is 0 Å². The highest BCUT2D eigenvalue weighted by Gasteiger charge is 2.35. The Kier molecular flexibility index (Phi) is 4.13. The summed E-state index contributed by atoms with van der Waals surface area (Å²) in [6.45, 7) is 8.33. The molecule has 1 N–H and O–H groups in total. The van der Waals surface area contributed by atoms with Crippen LogP contribution in [0.5, 0.6) is 0 Å². The molecule has 1 saturated heterocycles. The first-order valence-electron chi connectivity index (χ1n) is 8.19. The molecule has 0 radical (unpaired) electrons. The minimum absolute atomic E-state index is 0.546. The van der Waals surface area contributed by atoms with Gasteiger partial charge in [0, 0.05) is 31.7 Å². The van der Waals surface area contributed by atoms with E-state index in [1.54, 1.807) is 0 Å². The van der Waals surface area contributed by atoms with Gasteiger partial charge >= 0.3 is 0 Å². The van der Waals surface area contributed by atoms with Crippen LogP contribution in [0, 0.1) is 5.41 Å².